The van der Waals surface area contributed by atoms with Crippen LogP contribution in [0, 0.1) is 0 Å². The minimum Gasteiger partial charge on any atom is -0.480 e. The van der Waals surface area contributed by atoms with Gasteiger partial charge >= 0.3 is 12.1 Å². The van der Waals surface area contributed by atoms with E-state index in [1.165, 1.54) is 21.1 Å². The fourth-order valence-electron chi connectivity index (χ4n) is 3.86. The van der Waals surface area contributed by atoms with Crippen molar-refractivity contribution >= 4 is 18.0 Å². The standard InChI is InChI=1S/C24H28N2O6/c1-14(23(28)29)26(3)22(27)21(15(2)31-4)25-24(30)32-13-20-18-11-7-5-9-16(18)17-10-6-8-12-19(17)20/h5-12,14-15,20-21H,13H2,1-4H3,(H,25,30)(H,28,29)/t14-,15+,21-/m0/s1. The van der Waals surface area contributed by atoms with E-state index in [9.17, 15) is 19.5 Å². The number of ether oxygens (including phenoxy) is 2. The lowest BCUT2D eigenvalue weighted by Gasteiger charge is -2.29. The number of amides is 2. The number of carboxylic acids is 1. The highest BCUT2D eigenvalue weighted by molar-refractivity contribution is 5.89. The molecule has 2 amide bonds. The van der Waals surface area contributed by atoms with Gasteiger partial charge < -0.3 is 24.8 Å². The van der Waals surface area contributed by atoms with Gasteiger partial charge in [-0.1, -0.05) is 48.5 Å². The highest BCUT2D eigenvalue weighted by atomic mass is 16.5. The molecule has 1 aliphatic carbocycles. The first-order valence-corrected chi connectivity index (χ1v) is 10.4. The van der Waals surface area contributed by atoms with E-state index in [1.54, 1.807) is 6.92 Å². The summed E-state index contributed by atoms with van der Waals surface area (Å²) in [6, 6.07) is 13.8. The average Bonchev–Trinajstić information content (AvgIpc) is 3.13. The van der Waals surface area contributed by atoms with Crippen LogP contribution in [0.2, 0.25) is 0 Å². The maximum Gasteiger partial charge on any atom is 0.407 e. The quantitative estimate of drug-likeness (QED) is 0.654. The zero-order chi connectivity index (χ0) is 23.4. The number of hydrogen-bond donors (Lipinski definition) is 2. The molecule has 170 valence electrons. The molecule has 0 bridgehead atoms. The van der Waals surface area contributed by atoms with E-state index in [0.717, 1.165) is 27.2 Å². The van der Waals surface area contributed by atoms with Crippen molar-refractivity contribution in [2.75, 3.05) is 20.8 Å². The SMILES string of the molecule is CO[C@H](C)[C@H](NC(=O)OCC1c2ccccc2-c2ccccc21)C(=O)N(C)[C@@H](C)C(=O)O. The summed E-state index contributed by atoms with van der Waals surface area (Å²) in [4.78, 5) is 37.7. The maximum atomic E-state index is 12.8. The molecular weight excluding hydrogens is 412 g/mol. The first-order chi connectivity index (χ1) is 15.3. The Hall–Kier alpha value is -3.39. The van der Waals surface area contributed by atoms with Gasteiger partial charge in [-0.05, 0) is 36.1 Å². The summed E-state index contributed by atoms with van der Waals surface area (Å²) >= 11 is 0. The fraction of sp³-hybridized carbons (Fsp3) is 0.375. The molecule has 1 aliphatic rings. The van der Waals surface area contributed by atoms with Crippen LogP contribution in [0.1, 0.15) is 30.9 Å². The van der Waals surface area contributed by atoms with Crippen molar-refractivity contribution in [3.05, 3.63) is 59.7 Å². The van der Waals surface area contributed by atoms with E-state index < -0.39 is 36.2 Å². The van der Waals surface area contributed by atoms with E-state index >= 15 is 0 Å². The number of methoxy groups -OCH3 is 1. The van der Waals surface area contributed by atoms with Gasteiger partial charge in [-0.25, -0.2) is 9.59 Å². The monoisotopic (exact) mass is 440 g/mol. The molecule has 32 heavy (non-hydrogen) atoms. The Morgan fingerprint density at radius 2 is 1.56 bits per heavy atom. The molecule has 0 fully saturated rings. The van der Waals surface area contributed by atoms with Crippen LogP contribution in [0.25, 0.3) is 11.1 Å². The van der Waals surface area contributed by atoms with Gasteiger partial charge in [-0.3, -0.25) is 4.79 Å². The number of carbonyl (C=O) groups excluding carboxylic acids is 2. The third kappa shape index (κ3) is 4.60. The van der Waals surface area contributed by atoms with Crippen molar-refractivity contribution in [1.29, 1.82) is 0 Å². The number of carboxylic acid groups (broad SMARTS) is 1. The molecule has 0 heterocycles. The number of carbonyl (C=O) groups is 3. The van der Waals surface area contributed by atoms with E-state index in [2.05, 4.69) is 5.32 Å². The van der Waals surface area contributed by atoms with Gasteiger partial charge in [-0.2, -0.15) is 0 Å². The second-order valence-corrected chi connectivity index (χ2v) is 7.85. The lowest BCUT2D eigenvalue weighted by molar-refractivity contribution is -0.150. The molecule has 0 aromatic heterocycles. The summed E-state index contributed by atoms with van der Waals surface area (Å²) in [5.74, 6) is -1.84. The molecule has 0 unspecified atom stereocenters. The van der Waals surface area contributed by atoms with Crippen LogP contribution >= 0.6 is 0 Å². The minimum atomic E-state index is -1.15. The molecule has 0 spiro atoms. The maximum absolute atomic E-state index is 12.8. The topological polar surface area (TPSA) is 105 Å². The molecular formula is C24H28N2O6. The van der Waals surface area contributed by atoms with E-state index in [-0.39, 0.29) is 12.5 Å². The van der Waals surface area contributed by atoms with Crippen LogP contribution in [0.3, 0.4) is 0 Å². The number of hydrogen-bond acceptors (Lipinski definition) is 5. The summed E-state index contributed by atoms with van der Waals surface area (Å²) in [5, 5.41) is 11.7. The fourth-order valence-corrected chi connectivity index (χ4v) is 3.86. The van der Waals surface area contributed by atoms with Crippen molar-refractivity contribution in [1.82, 2.24) is 10.2 Å². The third-order valence-electron chi connectivity index (χ3n) is 6.01. The average molecular weight is 440 g/mol. The summed E-state index contributed by atoms with van der Waals surface area (Å²) < 4.78 is 10.7. The van der Waals surface area contributed by atoms with Gasteiger partial charge in [0.05, 0.1) is 6.10 Å². The second kappa shape index (κ2) is 9.82. The van der Waals surface area contributed by atoms with Crippen molar-refractivity contribution in [3.8, 4) is 11.1 Å². The highest BCUT2D eigenvalue weighted by Gasteiger charge is 2.34. The first-order valence-electron chi connectivity index (χ1n) is 10.4. The van der Waals surface area contributed by atoms with Crippen molar-refractivity contribution < 1.29 is 29.0 Å². The van der Waals surface area contributed by atoms with Crippen molar-refractivity contribution in [2.45, 2.75) is 38.0 Å². The second-order valence-electron chi connectivity index (χ2n) is 7.85. The lowest BCUT2D eigenvalue weighted by atomic mass is 9.98. The van der Waals surface area contributed by atoms with Crippen LogP contribution < -0.4 is 5.32 Å². The minimum absolute atomic E-state index is 0.101. The predicted octanol–water partition coefficient (Wildman–Crippen LogP) is 2.86. The van der Waals surface area contributed by atoms with E-state index in [0.29, 0.717) is 0 Å². The Balaban J connectivity index is 1.71. The Labute approximate surface area is 187 Å². The van der Waals surface area contributed by atoms with Crippen LogP contribution in [-0.4, -0.2) is 66.9 Å². The largest absolute Gasteiger partial charge is 0.480 e. The summed E-state index contributed by atoms with van der Waals surface area (Å²) in [5.41, 5.74) is 4.38. The van der Waals surface area contributed by atoms with Crippen molar-refractivity contribution in [2.24, 2.45) is 0 Å². The predicted molar refractivity (Wildman–Crippen MR) is 118 cm³/mol. The molecule has 0 aliphatic heterocycles. The van der Waals surface area contributed by atoms with E-state index in [4.69, 9.17) is 9.47 Å². The summed E-state index contributed by atoms with van der Waals surface area (Å²) in [6.07, 6.45) is -1.46. The number of nitrogens with one attached hydrogen (secondary N) is 1. The molecule has 3 atom stereocenters. The molecule has 3 rings (SSSR count). The van der Waals surface area contributed by atoms with Gasteiger partial charge in [0.1, 0.15) is 18.7 Å². The number of fused-ring (bicyclic) bond motifs is 3. The highest BCUT2D eigenvalue weighted by Crippen LogP contribution is 2.44. The van der Waals surface area contributed by atoms with Crippen LogP contribution in [0.4, 0.5) is 4.79 Å². The zero-order valence-corrected chi connectivity index (χ0v) is 18.6. The van der Waals surface area contributed by atoms with Crippen molar-refractivity contribution in [3.63, 3.8) is 0 Å². The summed E-state index contributed by atoms with van der Waals surface area (Å²) in [6.45, 7) is 3.11. The lowest BCUT2D eigenvalue weighted by Crippen LogP contribution is -2.56. The molecule has 0 saturated heterocycles. The molecule has 2 aromatic carbocycles. The third-order valence-corrected chi connectivity index (χ3v) is 6.01. The Morgan fingerprint density at radius 3 is 2.06 bits per heavy atom. The summed E-state index contributed by atoms with van der Waals surface area (Å²) in [7, 11) is 2.78. The normalized spacial score (nSPS) is 15.1. The molecule has 2 aromatic rings. The van der Waals surface area contributed by atoms with Gasteiger partial charge in [0, 0.05) is 20.1 Å². The molecule has 2 N–H and O–H groups in total. The number of aliphatic carboxylic acids is 1. The van der Waals surface area contributed by atoms with Gasteiger partial charge in [-0.15, -0.1) is 0 Å². The Bertz CT molecular complexity index is 962. The van der Waals surface area contributed by atoms with Crippen LogP contribution in [-0.2, 0) is 19.1 Å². The molecule has 0 radical (unpaired) electrons. The Morgan fingerprint density at radius 1 is 1.03 bits per heavy atom. The smallest absolute Gasteiger partial charge is 0.407 e. The number of nitrogens with zero attached hydrogens (tertiary/aromatic N) is 1. The Kier molecular flexibility index (Phi) is 7.15. The molecule has 8 heteroatoms. The van der Waals surface area contributed by atoms with E-state index in [1.807, 2.05) is 48.5 Å². The number of likely N-dealkylation sites (N-methyl/N-ethyl adjacent to an activating group) is 1. The number of alkyl carbamates (subject to hydrolysis) is 1. The van der Waals surface area contributed by atoms with Gasteiger partial charge in [0.25, 0.3) is 0 Å². The van der Waals surface area contributed by atoms with Crippen LogP contribution in [0.15, 0.2) is 48.5 Å². The van der Waals surface area contributed by atoms with Crippen LogP contribution in [0.5, 0.6) is 0 Å². The number of benzene rings is 2. The van der Waals surface area contributed by atoms with Gasteiger partial charge in [0.2, 0.25) is 5.91 Å². The number of rotatable bonds is 8. The molecule has 0 saturated carbocycles. The zero-order valence-electron chi connectivity index (χ0n) is 18.6. The first kappa shape index (κ1) is 23.3. The van der Waals surface area contributed by atoms with Gasteiger partial charge in [0.15, 0.2) is 0 Å². The molecule has 8 nitrogen and oxygen atoms in total.